The summed E-state index contributed by atoms with van der Waals surface area (Å²) in [7, 11) is 0. The van der Waals surface area contributed by atoms with Gasteiger partial charge >= 0.3 is 0 Å². The minimum absolute atomic E-state index is 0.820. The summed E-state index contributed by atoms with van der Waals surface area (Å²) < 4.78 is 0. The number of alkyl halides is 1. The van der Waals surface area contributed by atoms with Gasteiger partial charge in [0.1, 0.15) is 0 Å². The molecule has 17 heavy (non-hydrogen) atoms. The average Bonchev–Trinajstić information content (AvgIpc) is 2.40. The molecule has 0 heterocycles. The Balaban J connectivity index is 1.94. The molecule has 2 rings (SSSR count). The van der Waals surface area contributed by atoms with Gasteiger partial charge in [0.25, 0.3) is 0 Å². The lowest BCUT2D eigenvalue weighted by Crippen LogP contribution is -2.14. The van der Waals surface area contributed by atoms with Crippen LogP contribution in [0.3, 0.4) is 0 Å². The van der Waals surface area contributed by atoms with Crippen molar-refractivity contribution in [3.63, 3.8) is 0 Å². The zero-order chi connectivity index (χ0) is 12.1. The van der Waals surface area contributed by atoms with Crippen LogP contribution in [0.5, 0.6) is 0 Å². The molecular formula is C16H23Br. The predicted octanol–water partition coefficient (Wildman–Crippen LogP) is 5.31. The molecule has 1 aliphatic carbocycles. The Bertz CT molecular complexity index is 320. The van der Waals surface area contributed by atoms with Crippen molar-refractivity contribution in [2.24, 2.45) is 5.92 Å². The lowest BCUT2D eigenvalue weighted by molar-refractivity contribution is 0.354. The third kappa shape index (κ3) is 3.58. The molecule has 0 atom stereocenters. The largest absolute Gasteiger partial charge is 0.0925 e. The molecule has 0 aromatic heterocycles. The zero-order valence-corrected chi connectivity index (χ0v) is 12.4. The summed E-state index contributed by atoms with van der Waals surface area (Å²) in [5.41, 5.74) is 3.06. The first kappa shape index (κ1) is 13.1. The van der Waals surface area contributed by atoms with Crippen molar-refractivity contribution in [1.29, 1.82) is 0 Å². The maximum atomic E-state index is 3.61. The fourth-order valence-corrected chi connectivity index (χ4v) is 3.54. The molecule has 1 saturated carbocycles. The van der Waals surface area contributed by atoms with Crippen LogP contribution in [-0.2, 0) is 6.42 Å². The van der Waals surface area contributed by atoms with E-state index >= 15 is 0 Å². The molecule has 1 aromatic carbocycles. The smallest absolute Gasteiger partial charge is 0.00596 e. The van der Waals surface area contributed by atoms with E-state index in [1.807, 2.05) is 0 Å². The summed E-state index contributed by atoms with van der Waals surface area (Å²) in [6, 6.07) is 9.39. The first-order valence-electron chi connectivity index (χ1n) is 6.98. The van der Waals surface area contributed by atoms with Crippen LogP contribution in [0.15, 0.2) is 24.3 Å². The first-order valence-corrected chi connectivity index (χ1v) is 8.10. The van der Waals surface area contributed by atoms with E-state index in [0.29, 0.717) is 0 Å². The van der Waals surface area contributed by atoms with E-state index < -0.39 is 0 Å². The Hall–Kier alpha value is -0.300. The molecule has 0 radical (unpaired) electrons. The second kappa shape index (κ2) is 6.58. The molecular weight excluding hydrogens is 272 g/mol. The van der Waals surface area contributed by atoms with Gasteiger partial charge in [-0.25, -0.2) is 0 Å². The van der Waals surface area contributed by atoms with Crippen molar-refractivity contribution in [3.8, 4) is 0 Å². The molecule has 1 aliphatic rings. The van der Waals surface area contributed by atoms with Gasteiger partial charge in [-0.05, 0) is 55.1 Å². The van der Waals surface area contributed by atoms with E-state index in [9.17, 15) is 0 Å². The van der Waals surface area contributed by atoms with E-state index in [2.05, 4.69) is 47.1 Å². The number of hydrogen-bond donors (Lipinski definition) is 0. The van der Waals surface area contributed by atoms with Crippen LogP contribution in [0, 0.1) is 5.92 Å². The van der Waals surface area contributed by atoms with Gasteiger partial charge in [-0.15, -0.1) is 0 Å². The monoisotopic (exact) mass is 294 g/mol. The summed E-state index contributed by atoms with van der Waals surface area (Å²) >= 11 is 3.61. The molecule has 1 fully saturated rings. The Morgan fingerprint density at radius 1 is 1.06 bits per heavy atom. The fourth-order valence-electron chi connectivity index (χ4n) is 2.90. The molecule has 0 spiro atoms. The highest BCUT2D eigenvalue weighted by atomic mass is 79.9. The number of hydrogen-bond acceptors (Lipinski definition) is 0. The van der Waals surface area contributed by atoms with Crippen LogP contribution >= 0.6 is 15.9 Å². The number of aryl methyl sites for hydroxylation is 1. The Kier molecular flexibility index (Phi) is 5.09. The Morgan fingerprint density at radius 2 is 1.71 bits per heavy atom. The molecule has 1 heteroatoms. The van der Waals surface area contributed by atoms with Crippen molar-refractivity contribution in [3.05, 3.63) is 35.4 Å². The second-order valence-electron chi connectivity index (χ2n) is 5.36. The van der Waals surface area contributed by atoms with Crippen molar-refractivity contribution in [1.82, 2.24) is 0 Å². The molecule has 0 unspecified atom stereocenters. The summed E-state index contributed by atoms with van der Waals surface area (Å²) in [5.74, 6) is 1.74. The number of benzene rings is 1. The fraction of sp³-hybridized carbons (Fsp3) is 0.625. The van der Waals surface area contributed by atoms with Gasteiger partial charge in [-0.1, -0.05) is 53.5 Å². The van der Waals surface area contributed by atoms with E-state index in [-0.39, 0.29) is 0 Å². The molecule has 0 amide bonds. The van der Waals surface area contributed by atoms with Gasteiger partial charge in [0.05, 0.1) is 0 Å². The molecule has 0 nitrogen and oxygen atoms in total. The maximum absolute atomic E-state index is 3.61. The lowest BCUT2D eigenvalue weighted by atomic mass is 9.79. The highest BCUT2D eigenvalue weighted by Crippen LogP contribution is 2.36. The average molecular weight is 295 g/mol. The van der Waals surface area contributed by atoms with Gasteiger partial charge in [0.15, 0.2) is 0 Å². The van der Waals surface area contributed by atoms with Crippen molar-refractivity contribution in [2.75, 3.05) is 5.33 Å². The topological polar surface area (TPSA) is 0 Å². The van der Waals surface area contributed by atoms with Gasteiger partial charge in [0, 0.05) is 5.33 Å². The minimum atomic E-state index is 0.820. The summed E-state index contributed by atoms with van der Waals surface area (Å²) in [6.07, 6.45) is 8.01. The lowest BCUT2D eigenvalue weighted by Gasteiger charge is -2.27. The predicted molar refractivity (Wildman–Crippen MR) is 78.9 cm³/mol. The molecule has 1 aromatic rings. The van der Waals surface area contributed by atoms with E-state index in [1.54, 1.807) is 5.56 Å². The van der Waals surface area contributed by atoms with Crippen LogP contribution in [-0.4, -0.2) is 5.33 Å². The third-order valence-corrected chi connectivity index (χ3v) is 4.97. The molecule has 94 valence electrons. The van der Waals surface area contributed by atoms with E-state index in [0.717, 1.165) is 11.8 Å². The van der Waals surface area contributed by atoms with Crippen LogP contribution in [0.4, 0.5) is 0 Å². The highest BCUT2D eigenvalue weighted by Gasteiger charge is 2.21. The normalized spacial score (nSPS) is 24.8. The van der Waals surface area contributed by atoms with Crippen LogP contribution < -0.4 is 0 Å². The molecule has 0 aliphatic heterocycles. The van der Waals surface area contributed by atoms with Crippen LogP contribution in [0.25, 0.3) is 0 Å². The third-order valence-electron chi connectivity index (χ3n) is 4.05. The Labute approximate surface area is 114 Å². The van der Waals surface area contributed by atoms with Gasteiger partial charge in [0.2, 0.25) is 0 Å². The van der Waals surface area contributed by atoms with Crippen molar-refractivity contribution < 1.29 is 0 Å². The van der Waals surface area contributed by atoms with E-state index in [1.165, 1.54) is 49.4 Å². The summed E-state index contributed by atoms with van der Waals surface area (Å²) in [4.78, 5) is 0. The SMILES string of the molecule is CCCc1ccc(C2CCC(CBr)CC2)cc1. The zero-order valence-electron chi connectivity index (χ0n) is 10.8. The quantitative estimate of drug-likeness (QED) is 0.660. The highest BCUT2D eigenvalue weighted by molar-refractivity contribution is 9.09. The second-order valence-corrected chi connectivity index (χ2v) is 6.01. The van der Waals surface area contributed by atoms with Gasteiger partial charge < -0.3 is 0 Å². The first-order chi connectivity index (χ1) is 8.33. The van der Waals surface area contributed by atoms with Gasteiger partial charge in [-0.3, -0.25) is 0 Å². The van der Waals surface area contributed by atoms with Crippen molar-refractivity contribution >= 4 is 15.9 Å². The van der Waals surface area contributed by atoms with Crippen LogP contribution in [0.2, 0.25) is 0 Å². The Morgan fingerprint density at radius 3 is 2.24 bits per heavy atom. The maximum Gasteiger partial charge on any atom is 0.00596 e. The van der Waals surface area contributed by atoms with Crippen molar-refractivity contribution in [2.45, 2.75) is 51.4 Å². The molecule has 0 saturated heterocycles. The molecule has 0 bridgehead atoms. The van der Waals surface area contributed by atoms with E-state index in [4.69, 9.17) is 0 Å². The minimum Gasteiger partial charge on any atom is -0.0925 e. The summed E-state index contributed by atoms with van der Waals surface area (Å²) in [6.45, 7) is 2.25. The standard InChI is InChI=1S/C16H23Br/c1-2-3-13-4-8-15(9-5-13)16-10-6-14(12-17)7-11-16/h4-5,8-9,14,16H,2-3,6-7,10-12H2,1H3. The van der Waals surface area contributed by atoms with Crippen LogP contribution in [0.1, 0.15) is 56.1 Å². The molecule has 0 N–H and O–H groups in total. The summed E-state index contributed by atoms with van der Waals surface area (Å²) in [5, 5.41) is 1.19. The van der Waals surface area contributed by atoms with Gasteiger partial charge in [-0.2, -0.15) is 0 Å². The number of rotatable bonds is 4. The number of halogens is 1.